The van der Waals surface area contributed by atoms with Crippen molar-refractivity contribution in [3.05, 3.63) is 34.3 Å². The summed E-state index contributed by atoms with van der Waals surface area (Å²) in [5.41, 5.74) is 1.16. The van der Waals surface area contributed by atoms with E-state index in [9.17, 15) is 8.42 Å². The molecule has 0 spiro atoms. The van der Waals surface area contributed by atoms with Crippen LogP contribution in [-0.2, 0) is 9.84 Å². The van der Waals surface area contributed by atoms with E-state index >= 15 is 0 Å². The summed E-state index contributed by atoms with van der Waals surface area (Å²) in [6.07, 6.45) is 0.652. The number of hydrogen-bond donors (Lipinski definition) is 1. The zero-order valence-corrected chi connectivity index (χ0v) is 13.2. The molecule has 0 saturated carbocycles. The molecule has 1 rings (SSSR count). The highest BCUT2D eigenvalue weighted by molar-refractivity contribution is 9.10. The van der Waals surface area contributed by atoms with Crippen LogP contribution in [0, 0.1) is 0 Å². The van der Waals surface area contributed by atoms with Gasteiger partial charge in [-0.2, -0.15) is 0 Å². The molecule has 0 aliphatic heterocycles. The van der Waals surface area contributed by atoms with Gasteiger partial charge < -0.3 is 5.32 Å². The molecule has 0 saturated heterocycles. The first-order valence-corrected chi connectivity index (χ1v) is 8.71. The van der Waals surface area contributed by atoms with Crippen LogP contribution in [0.25, 0.3) is 0 Å². The Hall–Kier alpha value is -0.390. The second-order valence-electron chi connectivity index (χ2n) is 4.30. The first-order chi connectivity index (χ1) is 8.50. The third-order valence-corrected chi connectivity index (χ3v) is 5.47. The van der Waals surface area contributed by atoms with Crippen LogP contribution in [0.1, 0.15) is 24.8 Å². The maximum absolute atomic E-state index is 11.6. The molecule has 102 valence electrons. The van der Waals surface area contributed by atoms with E-state index in [-0.39, 0.29) is 17.4 Å². The molecule has 0 heterocycles. The first kappa shape index (κ1) is 15.7. The Morgan fingerprint density at radius 3 is 2.56 bits per heavy atom. The number of halogens is 1. The third kappa shape index (κ3) is 4.71. The van der Waals surface area contributed by atoms with Crippen LogP contribution in [0.4, 0.5) is 0 Å². The van der Waals surface area contributed by atoms with Crippen LogP contribution < -0.4 is 5.32 Å². The number of rotatable bonds is 7. The summed E-state index contributed by atoms with van der Waals surface area (Å²) in [4.78, 5) is 0. The number of hydrogen-bond acceptors (Lipinski definition) is 3. The molecule has 1 unspecified atom stereocenters. The minimum atomic E-state index is -2.90. The SMILES string of the molecule is CCS(=O)(=O)CCC(CNC)c1ccccc1Br. The monoisotopic (exact) mass is 333 g/mol. The van der Waals surface area contributed by atoms with Crippen LogP contribution in [0.3, 0.4) is 0 Å². The lowest BCUT2D eigenvalue weighted by Crippen LogP contribution is -2.21. The normalized spacial score (nSPS) is 13.5. The number of nitrogens with one attached hydrogen (secondary N) is 1. The maximum Gasteiger partial charge on any atom is 0.150 e. The maximum atomic E-state index is 11.6. The van der Waals surface area contributed by atoms with Gasteiger partial charge in [0, 0.05) is 16.8 Å². The van der Waals surface area contributed by atoms with Gasteiger partial charge in [-0.3, -0.25) is 0 Å². The van der Waals surface area contributed by atoms with Gasteiger partial charge in [-0.15, -0.1) is 0 Å². The molecule has 0 aromatic heterocycles. The standard InChI is InChI=1S/C13H20BrNO2S/c1-3-18(16,17)9-8-11(10-15-2)12-6-4-5-7-13(12)14/h4-7,11,15H,3,8-10H2,1-2H3. The Morgan fingerprint density at radius 2 is 2.00 bits per heavy atom. The molecule has 0 bridgehead atoms. The summed E-state index contributed by atoms with van der Waals surface area (Å²) >= 11 is 3.53. The number of sulfone groups is 1. The summed E-state index contributed by atoms with van der Waals surface area (Å²) in [7, 11) is -1.01. The van der Waals surface area contributed by atoms with Crippen molar-refractivity contribution in [1.82, 2.24) is 5.32 Å². The molecule has 1 aromatic rings. The van der Waals surface area contributed by atoms with Gasteiger partial charge >= 0.3 is 0 Å². The predicted octanol–water partition coefficient (Wildman–Crippen LogP) is 2.58. The van der Waals surface area contributed by atoms with E-state index in [0.717, 1.165) is 16.6 Å². The van der Waals surface area contributed by atoms with Gasteiger partial charge in [0.05, 0.1) is 5.75 Å². The highest BCUT2D eigenvalue weighted by Crippen LogP contribution is 2.27. The lowest BCUT2D eigenvalue weighted by molar-refractivity contribution is 0.574. The van der Waals surface area contributed by atoms with E-state index in [1.165, 1.54) is 0 Å². The van der Waals surface area contributed by atoms with Gasteiger partial charge in [0.1, 0.15) is 9.84 Å². The molecule has 0 radical (unpaired) electrons. The molecule has 5 heteroatoms. The van der Waals surface area contributed by atoms with Crippen LogP contribution in [0.5, 0.6) is 0 Å². The van der Waals surface area contributed by atoms with Gasteiger partial charge in [-0.25, -0.2) is 8.42 Å². The van der Waals surface area contributed by atoms with Crippen molar-refractivity contribution in [2.45, 2.75) is 19.3 Å². The van der Waals surface area contributed by atoms with E-state index in [0.29, 0.717) is 6.42 Å². The molecular weight excluding hydrogens is 314 g/mol. The Balaban J connectivity index is 2.81. The molecule has 1 N–H and O–H groups in total. The van der Waals surface area contributed by atoms with Gasteiger partial charge in [0.25, 0.3) is 0 Å². The number of likely N-dealkylation sites (N-methyl/N-ethyl adjacent to an activating group) is 1. The Labute approximate surface area is 118 Å². The van der Waals surface area contributed by atoms with Gasteiger partial charge in [0.15, 0.2) is 0 Å². The molecule has 0 fully saturated rings. The molecule has 1 aromatic carbocycles. The van der Waals surface area contributed by atoms with E-state index in [1.54, 1.807) is 6.92 Å². The second-order valence-corrected chi connectivity index (χ2v) is 7.63. The fraction of sp³-hybridized carbons (Fsp3) is 0.538. The molecule has 0 aliphatic rings. The summed E-state index contributed by atoms with van der Waals surface area (Å²) in [5, 5.41) is 3.13. The van der Waals surface area contributed by atoms with E-state index in [1.807, 2.05) is 31.3 Å². The van der Waals surface area contributed by atoms with Crippen molar-refractivity contribution in [2.75, 3.05) is 25.1 Å². The molecular formula is C13H20BrNO2S. The summed E-state index contributed by atoms with van der Waals surface area (Å²) in [5.74, 6) is 0.679. The van der Waals surface area contributed by atoms with Crippen LogP contribution in [0.2, 0.25) is 0 Å². The first-order valence-electron chi connectivity index (χ1n) is 6.09. The Morgan fingerprint density at radius 1 is 1.33 bits per heavy atom. The fourth-order valence-electron chi connectivity index (χ4n) is 1.89. The summed E-state index contributed by atoms with van der Waals surface area (Å²) in [6, 6.07) is 7.99. The molecule has 18 heavy (non-hydrogen) atoms. The van der Waals surface area contributed by atoms with E-state index < -0.39 is 9.84 Å². The van der Waals surface area contributed by atoms with E-state index in [2.05, 4.69) is 21.2 Å². The predicted molar refractivity (Wildman–Crippen MR) is 79.8 cm³/mol. The zero-order chi connectivity index (χ0) is 13.6. The largest absolute Gasteiger partial charge is 0.319 e. The van der Waals surface area contributed by atoms with Crippen molar-refractivity contribution in [2.24, 2.45) is 0 Å². The zero-order valence-electron chi connectivity index (χ0n) is 10.8. The van der Waals surface area contributed by atoms with Gasteiger partial charge in [0.2, 0.25) is 0 Å². The quantitative estimate of drug-likeness (QED) is 0.834. The van der Waals surface area contributed by atoms with Crippen molar-refractivity contribution in [3.63, 3.8) is 0 Å². The topological polar surface area (TPSA) is 46.2 Å². The minimum Gasteiger partial charge on any atom is -0.319 e. The molecule has 0 amide bonds. The average Bonchev–Trinajstić information content (AvgIpc) is 2.35. The second kappa shape index (κ2) is 7.26. The van der Waals surface area contributed by atoms with E-state index in [4.69, 9.17) is 0 Å². The Kier molecular flexibility index (Phi) is 6.32. The smallest absolute Gasteiger partial charge is 0.150 e. The van der Waals surface area contributed by atoms with Crippen molar-refractivity contribution >= 4 is 25.8 Å². The average molecular weight is 334 g/mol. The van der Waals surface area contributed by atoms with Gasteiger partial charge in [-0.05, 0) is 31.0 Å². The fourth-order valence-corrected chi connectivity index (χ4v) is 3.43. The highest BCUT2D eigenvalue weighted by atomic mass is 79.9. The summed E-state index contributed by atoms with van der Waals surface area (Å²) < 4.78 is 24.2. The van der Waals surface area contributed by atoms with Crippen LogP contribution >= 0.6 is 15.9 Å². The lowest BCUT2D eigenvalue weighted by Gasteiger charge is -2.18. The van der Waals surface area contributed by atoms with Crippen LogP contribution in [0.15, 0.2) is 28.7 Å². The molecule has 0 aliphatic carbocycles. The van der Waals surface area contributed by atoms with Crippen molar-refractivity contribution < 1.29 is 8.42 Å². The number of benzene rings is 1. The third-order valence-electron chi connectivity index (χ3n) is 3.01. The minimum absolute atomic E-state index is 0.215. The summed E-state index contributed by atoms with van der Waals surface area (Å²) in [6.45, 7) is 2.47. The van der Waals surface area contributed by atoms with Gasteiger partial charge in [-0.1, -0.05) is 41.1 Å². The molecule has 3 nitrogen and oxygen atoms in total. The molecule has 1 atom stereocenters. The lowest BCUT2D eigenvalue weighted by atomic mass is 9.96. The van der Waals surface area contributed by atoms with Crippen LogP contribution in [-0.4, -0.2) is 33.5 Å². The van der Waals surface area contributed by atoms with Crippen molar-refractivity contribution in [3.8, 4) is 0 Å². The van der Waals surface area contributed by atoms with Crippen molar-refractivity contribution in [1.29, 1.82) is 0 Å². The highest BCUT2D eigenvalue weighted by Gasteiger charge is 2.17. The Bertz CT molecular complexity index is 474.